The molecule has 1 aliphatic carbocycles. The first-order valence-corrected chi connectivity index (χ1v) is 8.95. The molecule has 2 aromatic carbocycles. The lowest BCUT2D eigenvalue weighted by atomic mass is 9.89. The van der Waals surface area contributed by atoms with Gasteiger partial charge in [0.25, 0.3) is 0 Å². The molecule has 0 fully saturated rings. The molecule has 2 aromatic rings. The van der Waals surface area contributed by atoms with Crippen LogP contribution >= 0.6 is 0 Å². The maximum atomic E-state index is 14.1. The Labute approximate surface area is 160 Å². The van der Waals surface area contributed by atoms with E-state index in [-0.39, 0.29) is 11.3 Å². The van der Waals surface area contributed by atoms with E-state index in [0.29, 0.717) is 22.4 Å². The minimum Gasteiger partial charge on any atom is -0.505 e. The third-order valence-electron chi connectivity index (χ3n) is 5.03. The summed E-state index contributed by atoms with van der Waals surface area (Å²) in [6.07, 6.45) is 0. The average Bonchev–Trinajstić information content (AvgIpc) is 2.63. The van der Waals surface area contributed by atoms with Crippen molar-refractivity contribution in [2.24, 2.45) is 0 Å². The lowest BCUT2D eigenvalue weighted by molar-refractivity contribution is 0.432. The van der Waals surface area contributed by atoms with Crippen LogP contribution in [0.4, 0.5) is 8.78 Å². The van der Waals surface area contributed by atoms with Crippen molar-refractivity contribution in [3.63, 3.8) is 0 Å². The molecule has 4 rings (SSSR count). The molecule has 28 heavy (non-hydrogen) atoms. The van der Waals surface area contributed by atoms with Gasteiger partial charge in [0, 0.05) is 28.6 Å². The van der Waals surface area contributed by atoms with E-state index in [0.717, 1.165) is 28.8 Å². The Morgan fingerprint density at radius 2 is 1.71 bits per heavy atom. The monoisotopic (exact) mass is 380 g/mol. The molecule has 0 unspecified atom stereocenters. The molecular formula is C23H18F2O3. The van der Waals surface area contributed by atoms with Crippen LogP contribution in [-0.4, -0.2) is 5.11 Å². The Balaban J connectivity index is 2.17. The second-order valence-electron chi connectivity index (χ2n) is 7.28. The van der Waals surface area contributed by atoms with Gasteiger partial charge in [-0.05, 0) is 41.7 Å². The molecule has 0 atom stereocenters. The molecule has 3 nitrogen and oxygen atoms in total. The average molecular weight is 380 g/mol. The van der Waals surface area contributed by atoms with E-state index >= 15 is 0 Å². The first kappa shape index (κ1) is 18.2. The van der Waals surface area contributed by atoms with Crippen LogP contribution in [0.15, 0.2) is 51.7 Å². The fourth-order valence-corrected chi connectivity index (χ4v) is 3.52. The van der Waals surface area contributed by atoms with Gasteiger partial charge in [-0.25, -0.2) is 8.78 Å². The second-order valence-corrected chi connectivity index (χ2v) is 7.28. The van der Waals surface area contributed by atoms with E-state index in [2.05, 4.69) is 13.8 Å². The number of hydrogen-bond acceptors (Lipinski definition) is 3. The fraction of sp³-hybridized carbons (Fsp3) is 0.174. The van der Waals surface area contributed by atoms with Crippen LogP contribution in [0.5, 0.6) is 5.75 Å². The molecule has 0 saturated heterocycles. The number of halogens is 2. The molecule has 5 heteroatoms. The Hall–Kier alpha value is -3.21. The standard InChI is InChI=1S/C23H18F2O3/c1-11(2)13-4-5-14(12(3)6-13)23-15-7-17(24)19(26)9-21(15)28-22-10-20(27)18(25)8-16(22)23/h4-11,26H,1-3H3. The second kappa shape index (κ2) is 6.44. The number of rotatable bonds is 2. The van der Waals surface area contributed by atoms with Crippen molar-refractivity contribution >= 4 is 11.0 Å². The summed E-state index contributed by atoms with van der Waals surface area (Å²) in [5, 5.41) is 10.1. The summed E-state index contributed by atoms with van der Waals surface area (Å²) in [4.78, 5) is 11.8. The van der Waals surface area contributed by atoms with Crippen molar-refractivity contribution in [2.75, 3.05) is 0 Å². The largest absolute Gasteiger partial charge is 0.505 e. The summed E-state index contributed by atoms with van der Waals surface area (Å²) < 4.78 is 33.9. The first-order valence-electron chi connectivity index (χ1n) is 8.95. The van der Waals surface area contributed by atoms with Crippen LogP contribution in [0.1, 0.15) is 30.9 Å². The summed E-state index contributed by atoms with van der Waals surface area (Å²) in [6.45, 7) is 6.10. The van der Waals surface area contributed by atoms with Gasteiger partial charge in [0.2, 0.25) is 5.43 Å². The zero-order chi connectivity index (χ0) is 20.2. The van der Waals surface area contributed by atoms with E-state index < -0.39 is 22.8 Å². The van der Waals surface area contributed by atoms with Gasteiger partial charge in [0.05, 0.1) is 0 Å². The van der Waals surface area contributed by atoms with Crippen LogP contribution in [0.25, 0.3) is 33.4 Å². The minimum absolute atomic E-state index is 0.173. The molecule has 1 N–H and O–H groups in total. The summed E-state index contributed by atoms with van der Waals surface area (Å²) in [6, 6.07) is 10.5. The van der Waals surface area contributed by atoms with E-state index in [1.807, 2.05) is 25.1 Å². The van der Waals surface area contributed by atoms with E-state index in [1.165, 1.54) is 12.1 Å². The predicted molar refractivity (Wildman–Crippen MR) is 105 cm³/mol. The zero-order valence-corrected chi connectivity index (χ0v) is 15.6. The summed E-state index contributed by atoms with van der Waals surface area (Å²) in [5.74, 6) is -1.76. The van der Waals surface area contributed by atoms with Crippen LogP contribution in [0.2, 0.25) is 0 Å². The quantitative estimate of drug-likeness (QED) is 0.435. The van der Waals surface area contributed by atoms with Crippen molar-refractivity contribution in [3.8, 4) is 28.2 Å². The molecule has 0 spiro atoms. The highest BCUT2D eigenvalue weighted by atomic mass is 19.1. The molecule has 0 amide bonds. The molecule has 2 aliphatic rings. The topological polar surface area (TPSA) is 50.4 Å². The van der Waals surface area contributed by atoms with Gasteiger partial charge < -0.3 is 9.52 Å². The number of hydrogen-bond donors (Lipinski definition) is 1. The number of aryl methyl sites for hydroxylation is 1. The lowest BCUT2D eigenvalue weighted by Crippen LogP contribution is -2.07. The SMILES string of the molecule is Cc1cc(C(C)C)ccc1-c1c2cc(F)c(=O)cc-2oc2cc(O)c(F)cc12. The van der Waals surface area contributed by atoms with Gasteiger partial charge in [-0.15, -0.1) is 0 Å². The zero-order valence-electron chi connectivity index (χ0n) is 15.6. The Morgan fingerprint density at radius 3 is 2.39 bits per heavy atom. The van der Waals surface area contributed by atoms with Gasteiger partial charge in [0.1, 0.15) is 11.3 Å². The first-order chi connectivity index (χ1) is 13.3. The fourth-order valence-electron chi connectivity index (χ4n) is 3.52. The molecule has 0 radical (unpaired) electrons. The lowest BCUT2D eigenvalue weighted by Gasteiger charge is -2.18. The molecule has 1 heterocycles. The molecule has 142 valence electrons. The summed E-state index contributed by atoms with van der Waals surface area (Å²) >= 11 is 0. The molecule has 1 aliphatic heterocycles. The molecule has 0 aromatic heterocycles. The maximum Gasteiger partial charge on any atom is 0.217 e. The van der Waals surface area contributed by atoms with Gasteiger partial charge >= 0.3 is 0 Å². The van der Waals surface area contributed by atoms with Crippen molar-refractivity contribution in [3.05, 3.63) is 75.4 Å². The number of phenols is 1. The normalized spacial score (nSPS) is 11.6. The van der Waals surface area contributed by atoms with Crippen molar-refractivity contribution in [2.45, 2.75) is 26.7 Å². The van der Waals surface area contributed by atoms with Crippen LogP contribution < -0.4 is 5.43 Å². The van der Waals surface area contributed by atoms with Crippen LogP contribution in [0.3, 0.4) is 0 Å². The molecule has 0 bridgehead atoms. The Kier molecular flexibility index (Phi) is 4.18. The molecular weight excluding hydrogens is 362 g/mol. The van der Waals surface area contributed by atoms with Crippen molar-refractivity contribution in [1.82, 2.24) is 0 Å². The van der Waals surface area contributed by atoms with Gasteiger partial charge in [-0.2, -0.15) is 0 Å². The molecule has 0 saturated carbocycles. The number of benzene rings is 3. The van der Waals surface area contributed by atoms with E-state index in [4.69, 9.17) is 4.42 Å². The smallest absolute Gasteiger partial charge is 0.217 e. The van der Waals surface area contributed by atoms with Crippen LogP contribution in [0, 0.1) is 18.6 Å². The summed E-state index contributed by atoms with van der Waals surface area (Å²) in [7, 11) is 0. The highest BCUT2D eigenvalue weighted by Crippen LogP contribution is 2.43. The maximum absolute atomic E-state index is 14.1. The highest BCUT2D eigenvalue weighted by molar-refractivity contribution is 6.02. The van der Waals surface area contributed by atoms with Gasteiger partial charge in [-0.1, -0.05) is 32.0 Å². The van der Waals surface area contributed by atoms with Gasteiger partial charge in [-0.3, -0.25) is 4.79 Å². The highest BCUT2D eigenvalue weighted by Gasteiger charge is 2.22. The van der Waals surface area contributed by atoms with Crippen molar-refractivity contribution in [1.29, 1.82) is 0 Å². The van der Waals surface area contributed by atoms with Gasteiger partial charge in [0.15, 0.2) is 17.4 Å². The Morgan fingerprint density at radius 1 is 0.964 bits per heavy atom. The number of phenolic OH excluding ortho intramolecular Hbond substituents is 1. The van der Waals surface area contributed by atoms with E-state index in [1.54, 1.807) is 0 Å². The third-order valence-corrected chi connectivity index (χ3v) is 5.03. The number of fused-ring (bicyclic) bond motifs is 2. The van der Waals surface area contributed by atoms with Crippen molar-refractivity contribution < 1.29 is 18.3 Å². The minimum atomic E-state index is -0.904. The van der Waals surface area contributed by atoms with E-state index in [9.17, 15) is 18.7 Å². The third kappa shape index (κ3) is 2.83. The number of aromatic hydroxyl groups is 1. The summed E-state index contributed by atoms with van der Waals surface area (Å²) in [5.41, 5.74) is 3.20. The predicted octanol–water partition coefficient (Wildman–Crippen LogP) is 5.98. The van der Waals surface area contributed by atoms with Crippen LogP contribution in [-0.2, 0) is 0 Å². The Bertz CT molecular complexity index is 1260.